The average molecular weight is 491 g/mol. The molecule has 0 amide bonds. The van der Waals surface area contributed by atoms with Crippen molar-refractivity contribution >= 4 is 61.1 Å². The second kappa shape index (κ2) is 29.8. The molecular formula is C4H20Cl4NiO10P2. The van der Waals surface area contributed by atoms with E-state index in [9.17, 15) is 18.9 Å². The van der Waals surface area contributed by atoms with Crippen LogP contribution in [0.2, 0.25) is 0 Å². The maximum Gasteiger partial charge on any atom is 2.00 e. The quantitative estimate of drug-likeness (QED) is 0.227. The first-order chi connectivity index (χ1) is 6.24. The van der Waals surface area contributed by atoms with Gasteiger partial charge < -0.3 is 51.8 Å². The predicted octanol–water partition coefficient (Wildman–Crippen LogP) is -2.92. The summed E-state index contributed by atoms with van der Waals surface area (Å²) < 4.78 is 20.3. The van der Waals surface area contributed by atoms with E-state index in [2.05, 4.69) is 0 Å². The van der Waals surface area contributed by atoms with Crippen LogP contribution in [0, 0.1) is 0 Å². The van der Waals surface area contributed by atoms with E-state index in [1.807, 2.05) is 0 Å². The third kappa shape index (κ3) is 44.9. The minimum atomic E-state index is -3.37. The molecular weight excluding hydrogens is 470 g/mol. The average Bonchev–Trinajstić information content (AvgIpc) is 2.19. The minimum absolute atomic E-state index is 0. The van der Waals surface area contributed by atoms with E-state index in [1.54, 1.807) is 0 Å². The van der Waals surface area contributed by atoms with Gasteiger partial charge in [0.2, 0.25) is 0 Å². The van der Waals surface area contributed by atoms with Crippen LogP contribution in [0.3, 0.4) is 0 Å². The number of hydrogen-bond acceptors (Lipinski definition) is 4. The fourth-order valence-corrected chi connectivity index (χ4v) is 1.72. The summed E-state index contributed by atoms with van der Waals surface area (Å²) in [6, 6.07) is 0. The maximum atomic E-state index is 10.1. The smallest absolute Gasteiger partial charge is 0.798 e. The molecule has 17 heteroatoms. The number of rotatable bonds is 4. The molecule has 0 aliphatic heterocycles. The summed E-state index contributed by atoms with van der Waals surface area (Å²) in [5.74, 6) is 0. The second-order valence-electron chi connectivity index (χ2n) is 2.11. The monoisotopic (exact) mass is 488 g/mol. The molecule has 0 fully saturated rings. The Labute approximate surface area is 151 Å². The maximum absolute atomic E-state index is 10.1. The van der Waals surface area contributed by atoms with Crippen LogP contribution < -0.4 is 9.79 Å². The van der Waals surface area contributed by atoms with Gasteiger partial charge in [0.1, 0.15) is 0 Å². The van der Waals surface area contributed by atoms with Crippen molar-refractivity contribution in [2.75, 3.05) is 22.5 Å². The van der Waals surface area contributed by atoms with Crippen LogP contribution in [0.15, 0.2) is 0 Å². The molecule has 0 saturated carbocycles. The molecule has 0 bridgehead atoms. The summed E-state index contributed by atoms with van der Waals surface area (Å²) in [4.78, 5) is 20.3. The zero-order valence-corrected chi connectivity index (χ0v) is 16.0. The molecule has 0 aromatic rings. The molecule has 0 heterocycles. The van der Waals surface area contributed by atoms with E-state index in [4.69, 9.17) is 46.4 Å². The van der Waals surface area contributed by atoms with E-state index in [0.29, 0.717) is 0 Å². The molecule has 0 aliphatic rings. The fourth-order valence-electron chi connectivity index (χ4n) is 0.0639. The van der Waals surface area contributed by atoms with Gasteiger partial charge in [0.05, 0.1) is 22.5 Å². The first kappa shape index (κ1) is 56.9. The van der Waals surface area contributed by atoms with Gasteiger partial charge in [-0.25, -0.2) is 0 Å². The Kier molecular flexibility index (Phi) is 80.6. The molecule has 21 heavy (non-hydrogen) atoms. The van der Waals surface area contributed by atoms with Crippen molar-refractivity contribution in [3.63, 3.8) is 0 Å². The first-order valence-corrected chi connectivity index (χ1v) is 9.19. The SMILES string of the molecule is O.O.O.O.O.O.O=P([O-])(CCl)CCl.O=P([O-])(CCl)CCl.[Ni+2]. The van der Waals surface area contributed by atoms with Gasteiger partial charge in [-0.1, -0.05) is 0 Å². The molecule has 12 N–H and O–H groups in total. The molecule has 0 spiro atoms. The van der Waals surface area contributed by atoms with Gasteiger partial charge >= 0.3 is 16.5 Å². The Morgan fingerprint density at radius 2 is 0.667 bits per heavy atom. The van der Waals surface area contributed by atoms with Crippen LogP contribution >= 0.6 is 61.1 Å². The van der Waals surface area contributed by atoms with Crippen molar-refractivity contribution in [2.24, 2.45) is 0 Å². The summed E-state index contributed by atoms with van der Waals surface area (Å²) in [6.07, 6.45) is 0. The molecule has 144 valence electrons. The third-order valence-corrected chi connectivity index (χ3v) is 6.56. The zero-order chi connectivity index (χ0) is 11.8. The van der Waals surface area contributed by atoms with Crippen molar-refractivity contribution in [1.29, 1.82) is 0 Å². The molecule has 0 radical (unpaired) electrons. The number of hydrogen-bond donors (Lipinski definition) is 0. The number of alkyl halides is 4. The van der Waals surface area contributed by atoms with E-state index in [-0.39, 0.29) is 71.8 Å². The van der Waals surface area contributed by atoms with E-state index in [0.717, 1.165) is 0 Å². The fraction of sp³-hybridized carbons (Fsp3) is 1.00. The largest absolute Gasteiger partial charge is 2.00 e. The molecule has 10 nitrogen and oxygen atoms in total. The Balaban J connectivity index is -0.0000000147. The zero-order valence-electron chi connectivity index (χ0n) is 10.2. The van der Waals surface area contributed by atoms with Crippen molar-refractivity contribution < 1.29 is 68.3 Å². The summed E-state index contributed by atoms with van der Waals surface area (Å²) in [7, 11) is -6.75. The third-order valence-electron chi connectivity index (χ3n) is 0.728. The van der Waals surface area contributed by atoms with Gasteiger partial charge in [0.15, 0.2) is 0 Å². The standard InChI is InChI=1S/2C2H5Cl2O2P.Ni.6H2O/c2*3-1-7(5,6)2-4;;;;;;;/h2*1-2H2,(H,5,6);;6*1H2/q;;+2;;;;;;/p-2. The Bertz CT molecular complexity index is 209. The first-order valence-electron chi connectivity index (χ1n) is 3.06. The molecule has 0 saturated heterocycles. The van der Waals surface area contributed by atoms with Crippen LogP contribution in [0.25, 0.3) is 0 Å². The van der Waals surface area contributed by atoms with Gasteiger partial charge in [-0.2, -0.15) is 0 Å². The van der Waals surface area contributed by atoms with Gasteiger partial charge in [-0.05, 0) is 0 Å². The summed E-state index contributed by atoms with van der Waals surface area (Å²) in [5.41, 5.74) is -1.46. The summed E-state index contributed by atoms with van der Waals surface area (Å²) >= 11 is 19.7. The van der Waals surface area contributed by atoms with Gasteiger partial charge in [0, 0.05) is 14.7 Å². The van der Waals surface area contributed by atoms with Crippen LogP contribution in [0.5, 0.6) is 0 Å². The van der Waals surface area contributed by atoms with E-state index in [1.165, 1.54) is 0 Å². The molecule has 0 rings (SSSR count). The Morgan fingerprint density at radius 3 is 0.667 bits per heavy atom. The molecule has 0 aliphatic carbocycles. The second-order valence-corrected chi connectivity index (χ2v) is 9.19. The van der Waals surface area contributed by atoms with Crippen molar-refractivity contribution in [1.82, 2.24) is 0 Å². The van der Waals surface area contributed by atoms with Crippen LogP contribution in [-0.4, -0.2) is 55.3 Å². The van der Waals surface area contributed by atoms with Crippen molar-refractivity contribution in [2.45, 2.75) is 0 Å². The molecule has 0 aromatic carbocycles. The predicted molar refractivity (Wildman–Crippen MR) is 79.8 cm³/mol. The van der Waals surface area contributed by atoms with E-state index < -0.39 is 14.7 Å². The van der Waals surface area contributed by atoms with Crippen molar-refractivity contribution in [3.05, 3.63) is 0 Å². The van der Waals surface area contributed by atoms with Gasteiger partial charge in [-0.15, -0.1) is 46.4 Å². The van der Waals surface area contributed by atoms with Crippen LogP contribution in [0.1, 0.15) is 0 Å². The van der Waals surface area contributed by atoms with E-state index >= 15 is 0 Å². The summed E-state index contributed by atoms with van der Waals surface area (Å²) in [6.45, 7) is 0. The molecule has 0 atom stereocenters. The molecule has 0 unspecified atom stereocenters. The normalized spacial score (nSPS) is 7.90. The van der Waals surface area contributed by atoms with Gasteiger partial charge in [0.25, 0.3) is 0 Å². The summed E-state index contributed by atoms with van der Waals surface area (Å²) in [5, 5.41) is 0. The van der Waals surface area contributed by atoms with Crippen molar-refractivity contribution in [3.8, 4) is 0 Å². The molecule has 0 aromatic heterocycles. The topological polar surface area (TPSA) is 269 Å². The number of halogens is 4. The Hall–Kier alpha value is 1.79. The van der Waals surface area contributed by atoms with Gasteiger partial charge in [-0.3, -0.25) is 0 Å². The Morgan fingerprint density at radius 1 is 0.571 bits per heavy atom. The van der Waals surface area contributed by atoms with Crippen LogP contribution in [-0.2, 0) is 25.6 Å². The van der Waals surface area contributed by atoms with Crippen LogP contribution in [0.4, 0.5) is 0 Å². The minimum Gasteiger partial charge on any atom is -0.798 e.